The standard InChI is InChI=1S/C15H25N5.HI/c1-13(2)12-18-15(16-3)20-10-8-19(9-11-20)14-6-4-5-7-17-14;/h4-7,13H,8-12H2,1-3H3,(H,16,18);1H. The van der Waals surface area contributed by atoms with Crippen LogP contribution in [0.25, 0.3) is 0 Å². The summed E-state index contributed by atoms with van der Waals surface area (Å²) in [6.45, 7) is 9.31. The average Bonchev–Trinajstić information content (AvgIpc) is 2.49. The summed E-state index contributed by atoms with van der Waals surface area (Å²) in [5, 5.41) is 3.43. The maximum Gasteiger partial charge on any atom is 0.193 e. The number of hydrogen-bond acceptors (Lipinski definition) is 3. The van der Waals surface area contributed by atoms with Crippen LogP contribution < -0.4 is 10.2 Å². The van der Waals surface area contributed by atoms with Crippen LogP contribution in [0.3, 0.4) is 0 Å². The Bertz CT molecular complexity index is 427. The second-order valence-corrected chi connectivity index (χ2v) is 5.48. The molecule has 1 aromatic heterocycles. The molecule has 0 spiro atoms. The van der Waals surface area contributed by atoms with Crippen LogP contribution in [0.5, 0.6) is 0 Å². The van der Waals surface area contributed by atoms with Gasteiger partial charge in [0.25, 0.3) is 0 Å². The highest BCUT2D eigenvalue weighted by molar-refractivity contribution is 14.0. The zero-order chi connectivity index (χ0) is 14.4. The number of hydrogen-bond donors (Lipinski definition) is 1. The first kappa shape index (κ1) is 18.0. The van der Waals surface area contributed by atoms with Gasteiger partial charge in [-0.2, -0.15) is 0 Å². The van der Waals surface area contributed by atoms with Crippen molar-refractivity contribution in [3.05, 3.63) is 24.4 Å². The number of rotatable bonds is 3. The van der Waals surface area contributed by atoms with E-state index in [-0.39, 0.29) is 24.0 Å². The van der Waals surface area contributed by atoms with Gasteiger partial charge in [0.05, 0.1) is 0 Å². The van der Waals surface area contributed by atoms with E-state index in [1.807, 2.05) is 25.4 Å². The molecule has 1 aliphatic rings. The van der Waals surface area contributed by atoms with Crippen molar-refractivity contribution >= 4 is 35.8 Å². The fourth-order valence-electron chi connectivity index (χ4n) is 2.32. The van der Waals surface area contributed by atoms with Crippen LogP contribution in [-0.4, -0.2) is 55.6 Å². The van der Waals surface area contributed by atoms with E-state index in [9.17, 15) is 0 Å². The van der Waals surface area contributed by atoms with Gasteiger partial charge in [-0.3, -0.25) is 4.99 Å². The van der Waals surface area contributed by atoms with Crippen LogP contribution >= 0.6 is 24.0 Å². The van der Waals surface area contributed by atoms with Crippen molar-refractivity contribution in [3.8, 4) is 0 Å². The summed E-state index contributed by atoms with van der Waals surface area (Å²) in [7, 11) is 1.85. The minimum absolute atomic E-state index is 0. The smallest absolute Gasteiger partial charge is 0.193 e. The maximum atomic E-state index is 4.41. The molecule has 1 N–H and O–H groups in total. The van der Waals surface area contributed by atoms with Crippen LogP contribution in [0.1, 0.15) is 13.8 Å². The summed E-state index contributed by atoms with van der Waals surface area (Å²) in [5.74, 6) is 2.71. The molecule has 21 heavy (non-hydrogen) atoms. The number of piperazine rings is 1. The zero-order valence-corrected chi connectivity index (χ0v) is 15.4. The zero-order valence-electron chi connectivity index (χ0n) is 13.1. The van der Waals surface area contributed by atoms with Gasteiger partial charge in [0.15, 0.2) is 5.96 Å². The Morgan fingerprint density at radius 2 is 2.00 bits per heavy atom. The molecule has 0 atom stereocenters. The first-order valence-electron chi connectivity index (χ1n) is 7.32. The molecule has 0 unspecified atom stereocenters. The molecule has 0 radical (unpaired) electrons. The van der Waals surface area contributed by atoms with Crippen molar-refractivity contribution in [3.63, 3.8) is 0 Å². The molecule has 118 valence electrons. The van der Waals surface area contributed by atoms with Gasteiger partial charge >= 0.3 is 0 Å². The molecule has 1 fully saturated rings. The number of aromatic nitrogens is 1. The summed E-state index contributed by atoms with van der Waals surface area (Å²) < 4.78 is 0. The van der Waals surface area contributed by atoms with Gasteiger partial charge in [0.2, 0.25) is 0 Å². The molecule has 0 aliphatic carbocycles. The first-order chi connectivity index (χ1) is 9.70. The van der Waals surface area contributed by atoms with Gasteiger partial charge in [-0.05, 0) is 18.1 Å². The van der Waals surface area contributed by atoms with Crippen LogP contribution in [-0.2, 0) is 0 Å². The predicted octanol–water partition coefficient (Wildman–Crippen LogP) is 2.05. The fourth-order valence-corrected chi connectivity index (χ4v) is 2.32. The van der Waals surface area contributed by atoms with Crippen molar-refractivity contribution in [2.24, 2.45) is 10.9 Å². The lowest BCUT2D eigenvalue weighted by molar-refractivity contribution is 0.369. The van der Waals surface area contributed by atoms with Gasteiger partial charge in [0, 0.05) is 46.0 Å². The van der Waals surface area contributed by atoms with Gasteiger partial charge in [-0.15, -0.1) is 24.0 Å². The van der Waals surface area contributed by atoms with E-state index >= 15 is 0 Å². The summed E-state index contributed by atoms with van der Waals surface area (Å²) in [6, 6.07) is 6.07. The summed E-state index contributed by atoms with van der Waals surface area (Å²) >= 11 is 0. The van der Waals surface area contributed by atoms with Crippen molar-refractivity contribution in [2.45, 2.75) is 13.8 Å². The van der Waals surface area contributed by atoms with Crippen LogP contribution in [0.15, 0.2) is 29.4 Å². The van der Waals surface area contributed by atoms with Crippen molar-refractivity contribution < 1.29 is 0 Å². The normalized spacial score (nSPS) is 15.9. The lowest BCUT2D eigenvalue weighted by Crippen LogP contribution is -2.53. The second-order valence-electron chi connectivity index (χ2n) is 5.48. The number of nitrogens with zero attached hydrogens (tertiary/aromatic N) is 4. The third-order valence-corrected chi connectivity index (χ3v) is 3.43. The van der Waals surface area contributed by atoms with Crippen LogP contribution in [0.4, 0.5) is 5.82 Å². The number of aliphatic imine (C=N–C) groups is 1. The van der Waals surface area contributed by atoms with Crippen LogP contribution in [0.2, 0.25) is 0 Å². The highest BCUT2D eigenvalue weighted by Gasteiger charge is 2.20. The van der Waals surface area contributed by atoms with Gasteiger partial charge < -0.3 is 15.1 Å². The molecule has 2 heterocycles. The number of guanidine groups is 1. The molecule has 5 nitrogen and oxygen atoms in total. The van der Waals surface area contributed by atoms with Crippen molar-refractivity contribution in [2.75, 3.05) is 44.7 Å². The molecule has 1 aliphatic heterocycles. The average molecular weight is 403 g/mol. The van der Waals surface area contributed by atoms with E-state index in [0.29, 0.717) is 5.92 Å². The lowest BCUT2D eigenvalue weighted by atomic mass is 10.2. The van der Waals surface area contributed by atoms with Crippen molar-refractivity contribution in [1.29, 1.82) is 0 Å². The van der Waals surface area contributed by atoms with E-state index < -0.39 is 0 Å². The molecular formula is C15H26IN5. The monoisotopic (exact) mass is 403 g/mol. The third-order valence-electron chi connectivity index (χ3n) is 3.43. The first-order valence-corrected chi connectivity index (χ1v) is 7.32. The molecule has 1 aromatic rings. The highest BCUT2D eigenvalue weighted by atomic mass is 127. The molecule has 1 saturated heterocycles. The minimum Gasteiger partial charge on any atom is -0.356 e. The maximum absolute atomic E-state index is 4.41. The Labute approximate surface area is 144 Å². The lowest BCUT2D eigenvalue weighted by Gasteiger charge is -2.37. The van der Waals surface area contributed by atoms with Gasteiger partial charge in [-0.1, -0.05) is 19.9 Å². The number of pyridine rings is 1. The molecule has 2 rings (SSSR count). The van der Waals surface area contributed by atoms with E-state index in [2.05, 4.69) is 45.0 Å². The largest absolute Gasteiger partial charge is 0.356 e. The highest BCUT2D eigenvalue weighted by Crippen LogP contribution is 2.12. The SMILES string of the molecule is CN=C(NCC(C)C)N1CCN(c2ccccn2)CC1.I. The molecule has 0 saturated carbocycles. The van der Waals surface area contributed by atoms with E-state index in [0.717, 1.165) is 44.5 Å². The summed E-state index contributed by atoms with van der Waals surface area (Å²) in [4.78, 5) is 13.4. The van der Waals surface area contributed by atoms with Crippen LogP contribution in [0, 0.1) is 5.92 Å². The van der Waals surface area contributed by atoms with E-state index in [1.54, 1.807) is 0 Å². The van der Waals surface area contributed by atoms with Crippen molar-refractivity contribution in [1.82, 2.24) is 15.2 Å². The predicted molar refractivity (Wildman–Crippen MR) is 99.6 cm³/mol. The Kier molecular flexibility index (Phi) is 7.77. The number of nitrogens with one attached hydrogen (secondary N) is 1. The summed E-state index contributed by atoms with van der Waals surface area (Å²) in [5.41, 5.74) is 0. The Morgan fingerprint density at radius 3 is 2.52 bits per heavy atom. The Morgan fingerprint density at radius 1 is 1.29 bits per heavy atom. The molecule has 0 bridgehead atoms. The number of anilines is 1. The van der Waals surface area contributed by atoms with E-state index in [1.165, 1.54) is 0 Å². The summed E-state index contributed by atoms with van der Waals surface area (Å²) in [6.07, 6.45) is 1.85. The molecule has 0 amide bonds. The molecule has 6 heteroatoms. The Balaban J connectivity index is 0.00000220. The molecule has 0 aromatic carbocycles. The fraction of sp³-hybridized carbons (Fsp3) is 0.600. The van der Waals surface area contributed by atoms with Gasteiger partial charge in [0.1, 0.15) is 5.82 Å². The minimum atomic E-state index is 0. The van der Waals surface area contributed by atoms with E-state index in [4.69, 9.17) is 0 Å². The Hall–Kier alpha value is -1.05. The molecular weight excluding hydrogens is 377 g/mol. The third kappa shape index (κ3) is 5.33. The quantitative estimate of drug-likeness (QED) is 0.477. The topological polar surface area (TPSA) is 43.8 Å². The second kappa shape index (κ2) is 9.07. The van der Waals surface area contributed by atoms with Gasteiger partial charge in [-0.25, -0.2) is 4.98 Å². The number of halogens is 1.